The zero-order valence-electron chi connectivity index (χ0n) is 11.0. The third-order valence-corrected chi connectivity index (χ3v) is 3.53. The van der Waals surface area contributed by atoms with Crippen LogP contribution in [0.4, 0.5) is 4.39 Å². The summed E-state index contributed by atoms with van der Waals surface area (Å²) in [6.07, 6.45) is 5.94. The Bertz CT molecular complexity index is 591. The zero-order chi connectivity index (χ0) is 13.2. The second kappa shape index (κ2) is 5.10. The van der Waals surface area contributed by atoms with Crippen molar-refractivity contribution in [3.05, 3.63) is 53.6 Å². The largest absolute Gasteiger partial charge is 0.310 e. The lowest BCUT2D eigenvalue weighted by Crippen LogP contribution is -2.15. The predicted octanol–water partition coefficient (Wildman–Crippen LogP) is 3.45. The monoisotopic (exact) mass is 256 g/mol. The van der Waals surface area contributed by atoms with Crippen molar-refractivity contribution >= 4 is 0 Å². The van der Waals surface area contributed by atoms with Crippen LogP contribution in [0.5, 0.6) is 0 Å². The van der Waals surface area contributed by atoms with Gasteiger partial charge in [0.05, 0.1) is 0 Å². The number of pyridine rings is 1. The first-order valence-electron chi connectivity index (χ1n) is 6.67. The molecule has 3 heteroatoms. The third kappa shape index (κ3) is 2.82. The number of aryl methyl sites for hydroxylation is 1. The molecular weight excluding hydrogens is 239 g/mol. The number of nitrogens with one attached hydrogen (secondary N) is 1. The number of halogens is 1. The molecule has 0 aliphatic heterocycles. The van der Waals surface area contributed by atoms with Crippen LogP contribution in [0, 0.1) is 12.7 Å². The first-order valence-corrected chi connectivity index (χ1v) is 6.67. The SMILES string of the molecule is Cc1ccncc1-c1ccc(CNC2CC2)cc1F. The number of hydrogen-bond donors (Lipinski definition) is 1. The van der Waals surface area contributed by atoms with Gasteiger partial charge >= 0.3 is 0 Å². The normalized spacial score (nSPS) is 14.6. The van der Waals surface area contributed by atoms with E-state index in [0.29, 0.717) is 11.6 Å². The van der Waals surface area contributed by atoms with E-state index in [2.05, 4.69) is 10.3 Å². The molecule has 1 N–H and O–H groups in total. The zero-order valence-corrected chi connectivity index (χ0v) is 11.0. The first-order chi connectivity index (χ1) is 9.24. The van der Waals surface area contributed by atoms with Gasteiger partial charge in [-0.25, -0.2) is 4.39 Å². The number of nitrogens with zero attached hydrogens (tertiary/aromatic N) is 1. The summed E-state index contributed by atoms with van der Waals surface area (Å²) in [4.78, 5) is 4.07. The van der Waals surface area contributed by atoms with Gasteiger partial charge in [-0.15, -0.1) is 0 Å². The molecule has 2 nitrogen and oxygen atoms in total. The summed E-state index contributed by atoms with van der Waals surface area (Å²) in [5.74, 6) is -0.175. The Hall–Kier alpha value is -1.74. The molecule has 1 aliphatic carbocycles. The summed E-state index contributed by atoms with van der Waals surface area (Å²) in [6, 6.07) is 8.00. The van der Waals surface area contributed by atoms with E-state index in [1.165, 1.54) is 12.8 Å². The van der Waals surface area contributed by atoms with E-state index in [1.54, 1.807) is 18.5 Å². The highest BCUT2D eigenvalue weighted by Gasteiger charge is 2.20. The van der Waals surface area contributed by atoms with Crippen molar-refractivity contribution < 1.29 is 4.39 Å². The van der Waals surface area contributed by atoms with Gasteiger partial charge < -0.3 is 5.32 Å². The van der Waals surface area contributed by atoms with Crippen molar-refractivity contribution in [3.8, 4) is 11.1 Å². The van der Waals surface area contributed by atoms with Gasteiger partial charge in [0, 0.05) is 36.1 Å². The summed E-state index contributed by atoms with van der Waals surface area (Å²) >= 11 is 0. The molecule has 1 heterocycles. The molecule has 0 radical (unpaired) electrons. The Morgan fingerprint density at radius 2 is 2.11 bits per heavy atom. The molecule has 0 unspecified atom stereocenters. The lowest BCUT2D eigenvalue weighted by atomic mass is 10.0. The van der Waals surface area contributed by atoms with Gasteiger partial charge in [-0.05, 0) is 43.0 Å². The lowest BCUT2D eigenvalue weighted by molar-refractivity contribution is 0.622. The number of benzene rings is 1. The van der Waals surface area contributed by atoms with Crippen molar-refractivity contribution in [1.29, 1.82) is 0 Å². The molecular formula is C16H17FN2. The van der Waals surface area contributed by atoms with Gasteiger partial charge in [-0.2, -0.15) is 0 Å². The van der Waals surface area contributed by atoms with Crippen molar-refractivity contribution in [1.82, 2.24) is 10.3 Å². The standard InChI is InChI=1S/C16H17FN2/c1-11-6-7-18-10-15(11)14-5-2-12(8-16(14)17)9-19-13-3-4-13/h2,5-8,10,13,19H,3-4,9H2,1H3. The average Bonchev–Trinajstić information content (AvgIpc) is 3.22. The van der Waals surface area contributed by atoms with Gasteiger partial charge in [0.25, 0.3) is 0 Å². The Balaban J connectivity index is 1.84. The Morgan fingerprint density at radius 1 is 1.26 bits per heavy atom. The van der Waals surface area contributed by atoms with Crippen LogP contribution in [0.1, 0.15) is 24.0 Å². The van der Waals surface area contributed by atoms with Crippen molar-refractivity contribution in [2.24, 2.45) is 0 Å². The summed E-state index contributed by atoms with van der Waals surface area (Å²) in [5.41, 5.74) is 3.52. The Kier molecular flexibility index (Phi) is 3.30. The maximum atomic E-state index is 14.2. The van der Waals surface area contributed by atoms with Crippen LogP contribution in [0.3, 0.4) is 0 Å². The average molecular weight is 256 g/mol. The molecule has 1 aromatic carbocycles. The first kappa shape index (κ1) is 12.3. The molecule has 1 aliphatic rings. The van der Waals surface area contributed by atoms with E-state index >= 15 is 0 Å². The van der Waals surface area contributed by atoms with E-state index in [0.717, 1.165) is 23.2 Å². The van der Waals surface area contributed by atoms with Crippen molar-refractivity contribution in [2.75, 3.05) is 0 Å². The maximum Gasteiger partial charge on any atom is 0.131 e. The molecule has 0 spiro atoms. The second-order valence-electron chi connectivity index (χ2n) is 5.16. The van der Waals surface area contributed by atoms with E-state index < -0.39 is 0 Å². The predicted molar refractivity (Wildman–Crippen MR) is 74.2 cm³/mol. The van der Waals surface area contributed by atoms with Gasteiger partial charge in [0.2, 0.25) is 0 Å². The van der Waals surface area contributed by atoms with Gasteiger partial charge in [-0.3, -0.25) is 4.98 Å². The fourth-order valence-electron chi connectivity index (χ4n) is 2.18. The van der Waals surface area contributed by atoms with E-state index in [9.17, 15) is 4.39 Å². The number of aromatic nitrogens is 1. The Morgan fingerprint density at radius 3 is 2.79 bits per heavy atom. The molecule has 1 saturated carbocycles. The molecule has 0 amide bonds. The highest BCUT2D eigenvalue weighted by Crippen LogP contribution is 2.26. The van der Waals surface area contributed by atoms with Crippen LogP contribution in [0.15, 0.2) is 36.7 Å². The van der Waals surface area contributed by atoms with Gasteiger partial charge in [-0.1, -0.05) is 12.1 Å². The minimum atomic E-state index is -0.175. The Labute approximate surface area is 112 Å². The van der Waals surface area contributed by atoms with Crippen LogP contribution < -0.4 is 5.32 Å². The molecule has 1 aromatic heterocycles. The maximum absolute atomic E-state index is 14.2. The molecule has 98 valence electrons. The minimum absolute atomic E-state index is 0.175. The van der Waals surface area contributed by atoms with E-state index in [-0.39, 0.29) is 5.82 Å². The summed E-state index contributed by atoms with van der Waals surface area (Å²) in [5, 5.41) is 3.39. The van der Waals surface area contributed by atoms with Crippen LogP contribution >= 0.6 is 0 Å². The fraction of sp³-hybridized carbons (Fsp3) is 0.312. The van der Waals surface area contributed by atoms with Crippen LogP contribution in [0.2, 0.25) is 0 Å². The lowest BCUT2D eigenvalue weighted by Gasteiger charge is -2.09. The molecule has 0 bridgehead atoms. The topological polar surface area (TPSA) is 24.9 Å². The fourth-order valence-corrected chi connectivity index (χ4v) is 2.18. The summed E-state index contributed by atoms with van der Waals surface area (Å²) < 4.78 is 14.2. The number of hydrogen-bond acceptors (Lipinski definition) is 2. The van der Waals surface area contributed by atoms with Gasteiger partial charge in [0.1, 0.15) is 5.82 Å². The van der Waals surface area contributed by atoms with Crippen molar-refractivity contribution in [3.63, 3.8) is 0 Å². The molecule has 1 fully saturated rings. The molecule has 0 atom stereocenters. The second-order valence-corrected chi connectivity index (χ2v) is 5.16. The molecule has 0 saturated heterocycles. The van der Waals surface area contributed by atoms with Gasteiger partial charge in [0.15, 0.2) is 0 Å². The third-order valence-electron chi connectivity index (χ3n) is 3.53. The molecule has 3 rings (SSSR count). The highest BCUT2D eigenvalue weighted by molar-refractivity contribution is 5.66. The summed E-state index contributed by atoms with van der Waals surface area (Å²) in [7, 11) is 0. The van der Waals surface area contributed by atoms with Crippen LogP contribution in [-0.4, -0.2) is 11.0 Å². The van der Waals surface area contributed by atoms with Crippen molar-refractivity contribution in [2.45, 2.75) is 32.4 Å². The summed E-state index contributed by atoms with van der Waals surface area (Å²) in [6.45, 7) is 2.72. The molecule has 2 aromatic rings. The minimum Gasteiger partial charge on any atom is -0.310 e. The smallest absolute Gasteiger partial charge is 0.131 e. The quantitative estimate of drug-likeness (QED) is 0.906. The highest BCUT2D eigenvalue weighted by atomic mass is 19.1. The van der Waals surface area contributed by atoms with Crippen LogP contribution in [0.25, 0.3) is 11.1 Å². The van der Waals surface area contributed by atoms with E-state index in [4.69, 9.17) is 0 Å². The van der Waals surface area contributed by atoms with Crippen LogP contribution in [-0.2, 0) is 6.54 Å². The molecule has 19 heavy (non-hydrogen) atoms. The number of rotatable bonds is 4. The van der Waals surface area contributed by atoms with E-state index in [1.807, 2.05) is 25.1 Å².